The molecule has 0 heterocycles. The summed E-state index contributed by atoms with van der Waals surface area (Å²) in [6, 6.07) is 10.7. The quantitative estimate of drug-likeness (QED) is 0.791. The Morgan fingerprint density at radius 2 is 1.61 bits per heavy atom. The molecule has 0 fully saturated rings. The Morgan fingerprint density at radius 3 is 2.06 bits per heavy atom. The summed E-state index contributed by atoms with van der Waals surface area (Å²) >= 11 is 6.97. The zero-order valence-corrected chi connectivity index (χ0v) is 12.4. The first kappa shape index (κ1) is 13.4. The summed E-state index contributed by atoms with van der Waals surface area (Å²) in [5.41, 5.74) is 3.16. The van der Waals surface area contributed by atoms with E-state index in [2.05, 4.69) is 37.0 Å². The Hall–Kier alpha value is -1.04. The number of benzene rings is 2. The van der Waals surface area contributed by atoms with Crippen LogP contribution in [0.4, 0.5) is 5.69 Å². The van der Waals surface area contributed by atoms with Crippen molar-refractivity contribution in [2.45, 2.75) is 6.61 Å². The molecule has 2 aromatic rings. The molecule has 0 atom stereocenters. The molecule has 18 heavy (non-hydrogen) atoms. The van der Waals surface area contributed by atoms with Crippen LogP contribution in [0, 0.1) is 4.91 Å². The molecule has 0 amide bonds. The second kappa shape index (κ2) is 5.73. The number of nitrogens with zero attached hydrogens (tertiary/aromatic N) is 1. The molecule has 0 aromatic heterocycles. The molecule has 5 heteroatoms. The maximum Gasteiger partial charge on any atom is 0.108 e. The molecule has 0 aliphatic carbocycles. The average Bonchev–Trinajstić information content (AvgIpc) is 2.38. The van der Waals surface area contributed by atoms with Gasteiger partial charge in [-0.15, -0.1) is 4.91 Å². The Labute approximate surface area is 121 Å². The lowest BCUT2D eigenvalue weighted by molar-refractivity contribution is 0.281. The summed E-state index contributed by atoms with van der Waals surface area (Å²) in [6.45, 7) is -0.00845. The van der Waals surface area contributed by atoms with E-state index < -0.39 is 0 Å². The fraction of sp³-hybridized carbons (Fsp3) is 0.0769. The zero-order chi connectivity index (χ0) is 13.1. The number of halogens is 2. The van der Waals surface area contributed by atoms with Crippen LogP contribution in [0.1, 0.15) is 5.56 Å². The minimum absolute atomic E-state index is 0.00845. The van der Waals surface area contributed by atoms with Gasteiger partial charge in [-0.25, -0.2) is 0 Å². The second-order valence-corrected chi connectivity index (χ2v) is 5.44. The van der Waals surface area contributed by atoms with Gasteiger partial charge in [-0.3, -0.25) is 0 Å². The van der Waals surface area contributed by atoms with E-state index in [4.69, 9.17) is 5.11 Å². The van der Waals surface area contributed by atoms with E-state index in [1.165, 1.54) is 0 Å². The lowest BCUT2D eigenvalue weighted by Gasteiger charge is -2.10. The summed E-state index contributed by atoms with van der Waals surface area (Å²) in [5.74, 6) is 0. The number of hydrogen-bond acceptors (Lipinski definition) is 3. The number of nitroso groups, excluding NO2 is 1. The Morgan fingerprint density at radius 1 is 1.06 bits per heavy atom. The van der Waals surface area contributed by atoms with E-state index in [1.807, 2.05) is 24.3 Å². The molecule has 0 spiro atoms. The standard InChI is InChI=1S/C13H9Br2NO2/c14-11-5-8(7-17)6-12(15)13(11)9-1-3-10(16-18)4-2-9/h1-6,17H,7H2. The van der Waals surface area contributed by atoms with E-state index in [1.54, 1.807) is 12.1 Å². The van der Waals surface area contributed by atoms with Gasteiger partial charge in [-0.1, -0.05) is 44.0 Å². The van der Waals surface area contributed by atoms with Gasteiger partial charge in [0, 0.05) is 14.5 Å². The summed E-state index contributed by atoms with van der Waals surface area (Å²) in [4.78, 5) is 10.4. The van der Waals surface area contributed by atoms with E-state index >= 15 is 0 Å². The van der Waals surface area contributed by atoms with Crippen LogP contribution in [-0.4, -0.2) is 5.11 Å². The van der Waals surface area contributed by atoms with Gasteiger partial charge in [-0.2, -0.15) is 0 Å². The Balaban J connectivity index is 2.52. The Bertz CT molecular complexity index is 559. The van der Waals surface area contributed by atoms with Gasteiger partial charge in [0.05, 0.1) is 6.61 Å². The highest BCUT2D eigenvalue weighted by Gasteiger charge is 2.09. The molecule has 1 N–H and O–H groups in total. The molecular weight excluding hydrogens is 362 g/mol. The summed E-state index contributed by atoms with van der Waals surface area (Å²) in [6.07, 6.45) is 0. The van der Waals surface area contributed by atoms with Crippen LogP contribution in [0.15, 0.2) is 50.5 Å². The average molecular weight is 371 g/mol. The number of aliphatic hydroxyl groups excluding tert-OH is 1. The molecular formula is C13H9Br2NO2. The number of aliphatic hydroxyl groups is 1. The minimum Gasteiger partial charge on any atom is -0.392 e. The van der Waals surface area contributed by atoms with Crippen molar-refractivity contribution >= 4 is 37.5 Å². The third kappa shape index (κ3) is 2.68. The molecule has 0 aliphatic heterocycles. The van der Waals surface area contributed by atoms with Crippen molar-refractivity contribution in [3.8, 4) is 11.1 Å². The second-order valence-electron chi connectivity index (χ2n) is 3.73. The van der Waals surface area contributed by atoms with Crippen molar-refractivity contribution in [1.29, 1.82) is 0 Å². The monoisotopic (exact) mass is 369 g/mol. The number of rotatable bonds is 3. The molecule has 2 rings (SSSR count). The predicted molar refractivity (Wildman–Crippen MR) is 78.7 cm³/mol. The van der Waals surface area contributed by atoms with E-state index in [-0.39, 0.29) is 6.61 Å². The first-order valence-corrected chi connectivity index (χ1v) is 6.77. The van der Waals surface area contributed by atoms with E-state index in [0.717, 1.165) is 25.6 Å². The van der Waals surface area contributed by atoms with Crippen molar-refractivity contribution in [2.24, 2.45) is 5.18 Å². The van der Waals surface area contributed by atoms with Crippen LogP contribution in [0.3, 0.4) is 0 Å². The topological polar surface area (TPSA) is 49.7 Å². The predicted octanol–water partition coefficient (Wildman–Crippen LogP) is 4.77. The molecule has 0 unspecified atom stereocenters. The molecule has 0 radical (unpaired) electrons. The third-order valence-corrected chi connectivity index (χ3v) is 3.80. The van der Waals surface area contributed by atoms with Crippen LogP contribution in [0.2, 0.25) is 0 Å². The lowest BCUT2D eigenvalue weighted by Crippen LogP contribution is -1.88. The van der Waals surface area contributed by atoms with Crippen molar-refractivity contribution < 1.29 is 5.11 Å². The molecule has 0 aliphatic rings. The van der Waals surface area contributed by atoms with Crippen LogP contribution in [0.5, 0.6) is 0 Å². The fourth-order valence-corrected chi connectivity index (χ4v) is 3.42. The van der Waals surface area contributed by atoms with Crippen molar-refractivity contribution in [3.63, 3.8) is 0 Å². The third-order valence-electron chi connectivity index (χ3n) is 2.55. The van der Waals surface area contributed by atoms with Gasteiger partial charge in [0.1, 0.15) is 5.69 Å². The molecule has 2 aromatic carbocycles. The number of hydrogen-bond donors (Lipinski definition) is 1. The first-order valence-electron chi connectivity index (χ1n) is 5.18. The smallest absolute Gasteiger partial charge is 0.108 e. The lowest BCUT2D eigenvalue weighted by atomic mass is 10.0. The normalized spacial score (nSPS) is 10.4. The van der Waals surface area contributed by atoms with E-state index in [0.29, 0.717) is 5.69 Å². The zero-order valence-electron chi connectivity index (χ0n) is 9.23. The fourth-order valence-electron chi connectivity index (χ4n) is 1.68. The molecule has 0 saturated heterocycles. The highest BCUT2D eigenvalue weighted by Crippen LogP contribution is 2.36. The molecule has 3 nitrogen and oxygen atoms in total. The van der Waals surface area contributed by atoms with Gasteiger partial charge in [-0.05, 0) is 40.6 Å². The summed E-state index contributed by atoms with van der Waals surface area (Å²) < 4.78 is 1.76. The van der Waals surface area contributed by atoms with Gasteiger partial charge in [0.25, 0.3) is 0 Å². The van der Waals surface area contributed by atoms with Crippen molar-refractivity contribution in [2.75, 3.05) is 0 Å². The van der Waals surface area contributed by atoms with Gasteiger partial charge < -0.3 is 5.11 Å². The van der Waals surface area contributed by atoms with Crippen LogP contribution in [0.25, 0.3) is 11.1 Å². The molecule has 0 bridgehead atoms. The maximum absolute atomic E-state index is 10.4. The highest BCUT2D eigenvalue weighted by atomic mass is 79.9. The first-order chi connectivity index (χ1) is 8.65. The Kier molecular flexibility index (Phi) is 4.27. The maximum atomic E-state index is 10.4. The molecule has 92 valence electrons. The minimum atomic E-state index is -0.00845. The summed E-state index contributed by atoms with van der Waals surface area (Å²) in [5, 5.41) is 12.0. The van der Waals surface area contributed by atoms with E-state index in [9.17, 15) is 4.91 Å². The summed E-state index contributed by atoms with van der Waals surface area (Å²) in [7, 11) is 0. The van der Waals surface area contributed by atoms with Crippen LogP contribution >= 0.6 is 31.9 Å². The SMILES string of the molecule is O=Nc1ccc(-c2c(Br)cc(CO)cc2Br)cc1. The van der Waals surface area contributed by atoms with Gasteiger partial charge in [0.2, 0.25) is 0 Å². The van der Waals surface area contributed by atoms with Crippen molar-refractivity contribution in [1.82, 2.24) is 0 Å². The van der Waals surface area contributed by atoms with Gasteiger partial charge >= 0.3 is 0 Å². The van der Waals surface area contributed by atoms with Crippen LogP contribution < -0.4 is 0 Å². The van der Waals surface area contributed by atoms with Gasteiger partial charge in [0.15, 0.2) is 0 Å². The van der Waals surface area contributed by atoms with Crippen molar-refractivity contribution in [3.05, 3.63) is 55.8 Å². The molecule has 0 saturated carbocycles. The largest absolute Gasteiger partial charge is 0.392 e. The highest BCUT2D eigenvalue weighted by molar-refractivity contribution is 9.11. The van der Waals surface area contributed by atoms with Crippen LogP contribution in [-0.2, 0) is 6.61 Å².